The van der Waals surface area contributed by atoms with Crippen LogP contribution < -0.4 is 10.2 Å². The van der Waals surface area contributed by atoms with Crippen molar-refractivity contribution in [3.8, 4) is 0 Å². The summed E-state index contributed by atoms with van der Waals surface area (Å²) in [6.45, 7) is 10.8. The molecule has 0 unspecified atom stereocenters. The molecule has 0 bridgehead atoms. The number of nitrogens with one attached hydrogen (secondary N) is 1. The fraction of sp³-hybridized carbons (Fsp3) is 0.389. The molecule has 0 aliphatic carbocycles. The molecule has 2 aliphatic heterocycles. The number of rotatable bonds is 8. The number of fused-ring (bicyclic) bond motifs is 1. The fourth-order valence-corrected chi connectivity index (χ4v) is 7.04. The molecule has 0 radical (unpaired) electrons. The Bertz CT molecular complexity index is 1490. The molecule has 5 rings (SSSR count). The van der Waals surface area contributed by atoms with E-state index >= 15 is 0 Å². The van der Waals surface area contributed by atoms with Gasteiger partial charge in [0.25, 0.3) is 11.8 Å². The third-order valence-corrected chi connectivity index (χ3v) is 9.20. The van der Waals surface area contributed by atoms with Crippen molar-refractivity contribution in [3.05, 3.63) is 98.9 Å². The lowest BCUT2D eigenvalue weighted by molar-refractivity contribution is -0.114. The number of benzene rings is 3. The summed E-state index contributed by atoms with van der Waals surface area (Å²) in [7, 11) is 0. The van der Waals surface area contributed by atoms with Gasteiger partial charge in [-0.2, -0.15) is 0 Å². The molecule has 0 saturated carbocycles. The number of carbonyl (C=O) groups is 2. The van der Waals surface area contributed by atoms with Gasteiger partial charge >= 0.3 is 0 Å². The van der Waals surface area contributed by atoms with E-state index in [2.05, 4.69) is 37.1 Å². The van der Waals surface area contributed by atoms with E-state index in [0.717, 1.165) is 53.3 Å². The average molecular weight is 616 g/mol. The van der Waals surface area contributed by atoms with Gasteiger partial charge in [0.05, 0.1) is 17.1 Å². The number of amides is 2. The molecule has 7 heteroatoms. The van der Waals surface area contributed by atoms with Crippen LogP contribution in [0.3, 0.4) is 0 Å². The molecule has 0 spiro atoms. The van der Waals surface area contributed by atoms with Crippen LogP contribution in [-0.2, 0) is 17.8 Å². The Kier molecular flexibility index (Phi) is 10.3. The summed E-state index contributed by atoms with van der Waals surface area (Å²) in [5.41, 5.74) is 4.57. The molecule has 2 heterocycles. The van der Waals surface area contributed by atoms with E-state index in [0.29, 0.717) is 28.6 Å². The van der Waals surface area contributed by atoms with Gasteiger partial charge in [-0.05, 0) is 96.9 Å². The van der Waals surface area contributed by atoms with Crippen molar-refractivity contribution in [2.24, 2.45) is 5.41 Å². The second-order valence-electron chi connectivity index (χ2n) is 12.8. The minimum Gasteiger partial charge on any atom is -0.351 e. The number of anilines is 1. The maximum Gasteiger partial charge on any atom is 0.265 e. The van der Waals surface area contributed by atoms with Gasteiger partial charge in [0, 0.05) is 28.6 Å². The van der Waals surface area contributed by atoms with Crippen molar-refractivity contribution in [1.29, 1.82) is 0 Å². The lowest BCUT2D eigenvalue weighted by Crippen LogP contribution is -2.35. The van der Waals surface area contributed by atoms with Gasteiger partial charge in [0.15, 0.2) is 0 Å². The van der Waals surface area contributed by atoms with E-state index in [1.807, 2.05) is 71.6 Å². The van der Waals surface area contributed by atoms with Gasteiger partial charge in [-0.25, -0.2) is 0 Å². The van der Waals surface area contributed by atoms with Crippen LogP contribution in [0.25, 0.3) is 6.08 Å². The van der Waals surface area contributed by atoms with Crippen LogP contribution >= 0.6 is 23.4 Å². The highest BCUT2D eigenvalue weighted by atomic mass is 35.5. The Morgan fingerprint density at radius 2 is 1.74 bits per heavy atom. The molecule has 1 saturated heterocycles. The quantitative estimate of drug-likeness (QED) is 0.259. The van der Waals surface area contributed by atoms with E-state index in [1.165, 1.54) is 37.4 Å². The summed E-state index contributed by atoms with van der Waals surface area (Å²) in [5.74, 6) is -0.0883. The zero-order valence-corrected chi connectivity index (χ0v) is 27.1. The van der Waals surface area contributed by atoms with Crippen LogP contribution in [-0.4, -0.2) is 42.9 Å². The molecule has 0 atom stereocenters. The maximum absolute atomic E-state index is 14.0. The van der Waals surface area contributed by atoms with Crippen molar-refractivity contribution < 1.29 is 9.59 Å². The standard InChI is InChI=1S/C36H42ClN3O2S/c1-36(2,3)24-29-22-28(34(41)38-17-20-39-18-8-4-5-9-19-39)16-15-27(29)23-33-35(42)40(25-26-11-10-12-30(37)21-26)31-13-6-7-14-32(31)43-33/h6-7,10-16,21-23H,4-5,8-9,17-20,24-25H2,1-3H3,(H,38,41). The summed E-state index contributed by atoms with van der Waals surface area (Å²) in [6, 6.07) is 21.6. The summed E-state index contributed by atoms with van der Waals surface area (Å²) in [4.78, 5) is 33.1. The number of halogens is 1. The van der Waals surface area contributed by atoms with Crippen LogP contribution in [0.5, 0.6) is 0 Å². The van der Waals surface area contributed by atoms with Crippen LogP contribution in [0.15, 0.2) is 76.5 Å². The molecule has 1 N–H and O–H groups in total. The monoisotopic (exact) mass is 615 g/mol. The van der Waals surface area contributed by atoms with Gasteiger partial charge in [-0.3, -0.25) is 9.59 Å². The normalized spacial score (nSPS) is 17.1. The summed E-state index contributed by atoms with van der Waals surface area (Å²) >= 11 is 7.76. The first-order valence-electron chi connectivity index (χ1n) is 15.3. The Hall–Kier alpha value is -3.06. The van der Waals surface area contributed by atoms with Gasteiger partial charge in [0.2, 0.25) is 0 Å². The molecule has 3 aromatic rings. The van der Waals surface area contributed by atoms with Crippen molar-refractivity contribution in [2.45, 2.75) is 64.3 Å². The van der Waals surface area contributed by atoms with Crippen molar-refractivity contribution in [3.63, 3.8) is 0 Å². The molecular weight excluding hydrogens is 574 g/mol. The first-order chi connectivity index (χ1) is 20.7. The second kappa shape index (κ2) is 14.1. The van der Waals surface area contributed by atoms with Crippen molar-refractivity contribution >= 4 is 46.9 Å². The highest BCUT2D eigenvalue weighted by Crippen LogP contribution is 2.43. The summed E-state index contributed by atoms with van der Waals surface area (Å²) in [5, 5.41) is 3.79. The van der Waals surface area contributed by atoms with E-state index in [-0.39, 0.29) is 17.2 Å². The minimum atomic E-state index is -0.0473. The third-order valence-electron chi connectivity index (χ3n) is 7.89. The lowest BCUT2D eigenvalue weighted by atomic mass is 9.85. The molecular formula is C36H42ClN3O2S. The third kappa shape index (κ3) is 8.53. The van der Waals surface area contributed by atoms with Gasteiger partial charge < -0.3 is 15.1 Å². The number of carbonyl (C=O) groups excluding carboxylic acids is 2. The average Bonchev–Trinajstić information content (AvgIpc) is 3.24. The Balaban J connectivity index is 1.39. The van der Waals surface area contributed by atoms with Crippen LogP contribution in [0.4, 0.5) is 5.69 Å². The van der Waals surface area contributed by atoms with E-state index < -0.39 is 0 Å². The highest BCUT2D eigenvalue weighted by molar-refractivity contribution is 8.04. The molecule has 3 aromatic carbocycles. The lowest BCUT2D eigenvalue weighted by Gasteiger charge is -2.30. The zero-order chi connectivity index (χ0) is 30.4. The highest BCUT2D eigenvalue weighted by Gasteiger charge is 2.29. The minimum absolute atomic E-state index is 0.00402. The molecule has 2 aliphatic rings. The molecule has 226 valence electrons. The van der Waals surface area contributed by atoms with Crippen LogP contribution in [0.1, 0.15) is 73.5 Å². The molecule has 43 heavy (non-hydrogen) atoms. The van der Waals surface area contributed by atoms with Crippen LogP contribution in [0, 0.1) is 5.41 Å². The van der Waals surface area contributed by atoms with E-state index in [9.17, 15) is 9.59 Å². The number of hydrogen-bond donors (Lipinski definition) is 1. The second-order valence-corrected chi connectivity index (χ2v) is 14.3. The number of nitrogens with zero attached hydrogens (tertiary/aromatic N) is 2. The number of hydrogen-bond acceptors (Lipinski definition) is 4. The summed E-state index contributed by atoms with van der Waals surface area (Å²) in [6.07, 6.45) is 7.87. The first kappa shape index (κ1) is 31.4. The Morgan fingerprint density at radius 1 is 0.977 bits per heavy atom. The number of thioether (sulfide) groups is 1. The Morgan fingerprint density at radius 3 is 2.49 bits per heavy atom. The van der Waals surface area contributed by atoms with Crippen molar-refractivity contribution in [1.82, 2.24) is 10.2 Å². The molecule has 1 fully saturated rings. The van der Waals surface area contributed by atoms with Gasteiger partial charge in [-0.15, -0.1) is 0 Å². The topological polar surface area (TPSA) is 52.7 Å². The summed E-state index contributed by atoms with van der Waals surface area (Å²) < 4.78 is 0. The zero-order valence-electron chi connectivity index (χ0n) is 25.5. The predicted molar refractivity (Wildman–Crippen MR) is 180 cm³/mol. The maximum atomic E-state index is 14.0. The fourth-order valence-electron chi connectivity index (χ4n) is 5.78. The molecule has 5 nitrogen and oxygen atoms in total. The number of para-hydroxylation sites is 1. The largest absolute Gasteiger partial charge is 0.351 e. The molecule has 2 amide bonds. The van der Waals surface area contributed by atoms with Gasteiger partial charge in [-0.1, -0.05) is 87.3 Å². The molecule has 0 aromatic heterocycles. The van der Waals surface area contributed by atoms with Gasteiger partial charge in [0.1, 0.15) is 0 Å². The predicted octanol–water partition coefficient (Wildman–Crippen LogP) is 8.21. The number of likely N-dealkylation sites (tertiary alicyclic amines) is 1. The van der Waals surface area contributed by atoms with Crippen LogP contribution in [0.2, 0.25) is 5.02 Å². The van der Waals surface area contributed by atoms with E-state index in [1.54, 1.807) is 0 Å². The SMILES string of the molecule is CC(C)(C)Cc1cc(C(=O)NCCN2CCCCCC2)ccc1C=C1Sc2ccccc2N(Cc2cccc(Cl)c2)C1=O. The Labute approximate surface area is 265 Å². The first-order valence-corrected chi connectivity index (χ1v) is 16.5. The van der Waals surface area contributed by atoms with Crippen molar-refractivity contribution in [2.75, 3.05) is 31.1 Å². The smallest absolute Gasteiger partial charge is 0.265 e. The van der Waals surface area contributed by atoms with E-state index in [4.69, 9.17) is 11.6 Å².